The Kier molecular flexibility index (Phi) is 2.58. The Bertz CT molecular complexity index is 438. The van der Waals surface area contributed by atoms with Gasteiger partial charge in [0, 0.05) is 6.20 Å². The van der Waals surface area contributed by atoms with Crippen LogP contribution in [-0.2, 0) is 0 Å². The third-order valence-corrected chi connectivity index (χ3v) is 2.55. The van der Waals surface area contributed by atoms with Crippen LogP contribution in [0.5, 0.6) is 0 Å². The van der Waals surface area contributed by atoms with Crippen LogP contribution >= 0.6 is 0 Å². The molecule has 1 heterocycles. The lowest BCUT2D eigenvalue weighted by Gasteiger charge is -2.06. The maximum atomic E-state index is 4.37. The number of rotatable bonds is 2. The van der Waals surface area contributed by atoms with Gasteiger partial charge in [-0.15, -0.1) is 0 Å². The Morgan fingerprint density at radius 2 is 1.73 bits per heavy atom. The van der Waals surface area contributed by atoms with Crippen molar-refractivity contribution in [2.75, 3.05) is 0 Å². The van der Waals surface area contributed by atoms with Gasteiger partial charge in [-0.2, -0.15) is 5.10 Å². The molecule has 0 bridgehead atoms. The minimum atomic E-state index is 0.582. The van der Waals surface area contributed by atoms with Crippen LogP contribution < -0.4 is 0 Å². The quantitative estimate of drug-likeness (QED) is 0.727. The monoisotopic (exact) mass is 200 g/mol. The smallest absolute Gasteiger partial charge is 0.0645 e. The van der Waals surface area contributed by atoms with Crippen LogP contribution in [0.4, 0.5) is 0 Å². The van der Waals surface area contributed by atoms with Crippen LogP contribution in [0.2, 0.25) is 0 Å². The molecule has 78 valence electrons. The van der Waals surface area contributed by atoms with Gasteiger partial charge in [0.25, 0.3) is 0 Å². The van der Waals surface area contributed by atoms with Gasteiger partial charge in [-0.3, -0.25) is 0 Å². The van der Waals surface area contributed by atoms with Gasteiger partial charge in [-0.25, -0.2) is 4.68 Å². The van der Waals surface area contributed by atoms with Crippen LogP contribution in [-0.4, -0.2) is 9.78 Å². The highest BCUT2D eigenvalue weighted by Gasteiger charge is 2.00. The second-order valence-corrected chi connectivity index (χ2v) is 4.15. The zero-order chi connectivity index (χ0) is 10.8. The highest BCUT2D eigenvalue weighted by Crippen LogP contribution is 2.16. The van der Waals surface area contributed by atoms with Crippen LogP contribution in [0.15, 0.2) is 36.5 Å². The highest BCUT2D eigenvalue weighted by atomic mass is 15.3. The normalized spacial score (nSPS) is 10.9. The molecule has 1 aromatic carbocycles. The van der Waals surface area contributed by atoms with E-state index >= 15 is 0 Å². The van der Waals surface area contributed by atoms with Crippen molar-refractivity contribution < 1.29 is 0 Å². The van der Waals surface area contributed by atoms with Gasteiger partial charge >= 0.3 is 0 Å². The van der Waals surface area contributed by atoms with Crippen LogP contribution in [0.1, 0.15) is 31.0 Å². The van der Waals surface area contributed by atoms with Crippen molar-refractivity contribution in [2.45, 2.75) is 26.7 Å². The summed E-state index contributed by atoms with van der Waals surface area (Å²) < 4.78 is 1.90. The Balaban J connectivity index is 2.31. The Labute approximate surface area is 90.6 Å². The second kappa shape index (κ2) is 3.89. The largest absolute Gasteiger partial charge is 0.241 e. The fourth-order valence-electron chi connectivity index (χ4n) is 1.57. The zero-order valence-corrected chi connectivity index (χ0v) is 9.44. The number of hydrogen-bond acceptors (Lipinski definition) is 1. The fourth-order valence-corrected chi connectivity index (χ4v) is 1.57. The molecule has 0 N–H and O–H groups in total. The van der Waals surface area contributed by atoms with Crippen molar-refractivity contribution in [1.29, 1.82) is 0 Å². The van der Waals surface area contributed by atoms with Gasteiger partial charge < -0.3 is 0 Å². The van der Waals surface area contributed by atoms with E-state index in [0.29, 0.717) is 5.92 Å². The van der Waals surface area contributed by atoms with Gasteiger partial charge in [0.2, 0.25) is 0 Å². The molecule has 0 fully saturated rings. The lowest BCUT2D eigenvalue weighted by molar-refractivity contribution is 0.846. The van der Waals surface area contributed by atoms with Gasteiger partial charge in [0.1, 0.15) is 0 Å². The first-order chi connectivity index (χ1) is 7.16. The summed E-state index contributed by atoms with van der Waals surface area (Å²) in [7, 11) is 0. The molecule has 2 rings (SSSR count). The van der Waals surface area contributed by atoms with E-state index in [0.717, 1.165) is 11.4 Å². The lowest BCUT2D eigenvalue weighted by atomic mass is 10.0. The van der Waals surface area contributed by atoms with Crippen molar-refractivity contribution in [3.05, 3.63) is 47.8 Å². The summed E-state index contributed by atoms with van der Waals surface area (Å²) in [6.07, 6.45) is 1.99. The van der Waals surface area contributed by atoms with Crippen molar-refractivity contribution in [1.82, 2.24) is 9.78 Å². The molecule has 0 atom stereocenters. The van der Waals surface area contributed by atoms with E-state index in [4.69, 9.17) is 0 Å². The van der Waals surface area contributed by atoms with E-state index in [1.165, 1.54) is 5.56 Å². The SMILES string of the molecule is Cc1ccn(-c2ccc(C(C)C)cc2)n1. The molecule has 0 aliphatic carbocycles. The molecule has 15 heavy (non-hydrogen) atoms. The molecule has 0 saturated heterocycles. The minimum Gasteiger partial charge on any atom is -0.241 e. The molecule has 0 saturated carbocycles. The van der Waals surface area contributed by atoms with Crippen molar-refractivity contribution in [3.8, 4) is 5.69 Å². The Morgan fingerprint density at radius 3 is 2.20 bits per heavy atom. The number of hydrogen-bond donors (Lipinski definition) is 0. The first-order valence-electron chi connectivity index (χ1n) is 5.29. The lowest BCUT2D eigenvalue weighted by Crippen LogP contribution is -1.95. The van der Waals surface area contributed by atoms with E-state index in [2.05, 4.69) is 43.2 Å². The number of nitrogens with zero attached hydrogens (tertiary/aromatic N) is 2. The minimum absolute atomic E-state index is 0.582. The second-order valence-electron chi connectivity index (χ2n) is 4.15. The van der Waals surface area contributed by atoms with Crippen molar-refractivity contribution in [2.24, 2.45) is 0 Å². The summed E-state index contributed by atoms with van der Waals surface area (Å²) in [4.78, 5) is 0. The van der Waals surface area contributed by atoms with E-state index < -0.39 is 0 Å². The van der Waals surface area contributed by atoms with E-state index in [9.17, 15) is 0 Å². The van der Waals surface area contributed by atoms with E-state index in [1.54, 1.807) is 0 Å². The maximum absolute atomic E-state index is 4.37. The molecular weight excluding hydrogens is 184 g/mol. The topological polar surface area (TPSA) is 17.8 Å². The molecule has 1 aromatic heterocycles. The van der Waals surface area contributed by atoms with Gasteiger partial charge in [-0.05, 0) is 36.6 Å². The van der Waals surface area contributed by atoms with Gasteiger partial charge in [0.05, 0.1) is 11.4 Å². The molecule has 2 nitrogen and oxygen atoms in total. The molecule has 0 radical (unpaired) electrons. The molecule has 0 spiro atoms. The number of aromatic nitrogens is 2. The molecule has 2 heteroatoms. The van der Waals surface area contributed by atoms with Crippen LogP contribution in [0, 0.1) is 6.92 Å². The Hall–Kier alpha value is -1.57. The molecule has 2 aromatic rings. The summed E-state index contributed by atoms with van der Waals surface area (Å²) in [5.41, 5.74) is 3.53. The maximum Gasteiger partial charge on any atom is 0.0645 e. The fraction of sp³-hybridized carbons (Fsp3) is 0.308. The van der Waals surface area contributed by atoms with E-state index in [1.807, 2.05) is 23.9 Å². The standard InChI is InChI=1S/C13H16N2/c1-10(2)12-4-6-13(7-5-12)15-9-8-11(3)14-15/h4-10H,1-3H3. The number of aryl methyl sites for hydroxylation is 1. The third kappa shape index (κ3) is 2.09. The van der Waals surface area contributed by atoms with E-state index in [-0.39, 0.29) is 0 Å². The van der Waals surface area contributed by atoms with Crippen LogP contribution in [0.3, 0.4) is 0 Å². The molecule has 0 aliphatic rings. The van der Waals surface area contributed by atoms with Crippen LogP contribution in [0.25, 0.3) is 5.69 Å². The molecule has 0 amide bonds. The average molecular weight is 200 g/mol. The first kappa shape index (κ1) is 9.97. The molecule has 0 aliphatic heterocycles. The number of benzene rings is 1. The van der Waals surface area contributed by atoms with Crippen molar-refractivity contribution >= 4 is 0 Å². The third-order valence-electron chi connectivity index (χ3n) is 2.55. The zero-order valence-electron chi connectivity index (χ0n) is 9.44. The van der Waals surface area contributed by atoms with Crippen molar-refractivity contribution in [3.63, 3.8) is 0 Å². The Morgan fingerprint density at radius 1 is 1.07 bits per heavy atom. The summed E-state index contributed by atoms with van der Waals surface area (Å²) in [6.45, 7) is 6.40. The summed E-state index contributed by atoms with van der Waals surface area (Å²) in [6, 6.07) is 10.6. The predicted molar refractivity (Wildman–Crippen MR) is 62.4 cm³/mol. The first-order valence-corrected chi connectivity index (χ1v) is 5.29. The summed E-state index contributed by atoms with van der Waals surface area (Å²) >= 11 is 0. The molecular formula is C13H16N2. The van der Waals surface area contributed by atoms with Gasteiger partial charge in [-0.1, -0.05) is 26.0 Å². The summed E-state index contributed by atoms with van der Waals surface area (Å²) in [5.74, 6) is 0.582. The predicted octanol–water partition coefficient (Wildman–Crippen LogP) is 3.30. The summed E-state index contributed by atoms with van der Waals surface area (Å²) in [5, 5.41) is 4.37. The molecule has 0 unspecified atom stereocenters. The van der Waals surface area contributed by atoms with Gasteiger partial charge in [0.15, 0.2) is 0 Å². The average Bonchev–Trinajstić information content (AvgIpc) is 2.65. The highest BCUT2D eigenvalue weighted by molar-refractivity contribution is 5.35.